The summed E-state index contributed by atoms with van der Waals surface area (Å²) in [5.41, 5.74) is 1.42. The van der Waals surface area contributed by atoms with Gasteiger partial charge in [-0.25, -0.2) is 4.39 Å². The molecule has 0 spiro atoms. The summed E-state index contributed by atoms with van der Waals surface area (Å²) in [5.74, 6) is 3.47. The maximum atomic E-state index is 15.0. The highest BCUT2D eigenvalue weighted by Crippen LogP contribution is 2.39. The van der Waals surface area contributed by atoms with Gasteiger partial charge in [0.25, 0.3) is 0 Å². The Morgan fingerprint density at radius 2 is 1.45 bits per heavy atom. The fourth-order valence-electron chi connectivity index (χ4n) is 5.94. The number of ether oxygens (including phenoxy) is 1. The van der Waals surface area contributed by atoms with E-state index in [0.717, 1.165) is 37.5 Å². The number of hydrogen-bond acceptors (Lipinski definition) is 1. The fourth-order valence-corrected chi connectivity index (χ4v) is 5.94. The molecule has 1 aromatic carbocycles. The molecule has 0 N–H and O–H groups in total. The molecule has 2 saturated carbocycles. The second kappa shape index (κ2) is 13.5. The number of alkyl halides is 1. The van der Waals surface area contributed by atoms with Crippen molar-refractivity contribution in [3.8, 4) is 5.75 Å². The molecule has 1 nitrogen and oxygen atoms in total. The highest BCUT2D eigenvalue weighted by molar-refractivity contribution is 5.27. The van der Waals surface area contributed by atoms with Crippen LogP contribution < -0.4 is 4.74 Å². The lowest BCUT2D eigenvalue weighted by molar-refractivity contribution is 0.107. The van der Waals surface area contributed by atoms with E-state index in [-0.39, 0.29) is 0 Å². The molecule has 0 aromatic heterocycles. The first-order chi connectivity index (χ1) is 15.2. The predicted octanol–water partition coefficient (Wildman–Crippen LogP) is 8.94. The van der Waals surface area contributed by atoms with Gasteiger partial charge in [0.15, 0.2) is 0 Å². The Labute approximate surface area is 191 Å². The van der Waals surface area contributed by atoms with Gasteiger partial charge in [0.05, 0.1) is 6.61 Å². The van der Waals surface area contributed by atoms with Crippen LogP contribution in [-0.2, 0) is 6.42 Å². The van der Waals surface area contributed by atoms with Crippen LogP contribution in [0.4, 0.5) is 4.39 Å². The van der Waals surface area contributed by atoms with Gasteiger partial charge in [-0.15, -0.1) is 0 Å². The van der Waals surface area contributed by atoms with Crippen molar-refractivity contribution < 1.29 is 9.13 Å². The van der Waals surface area contributed by atoms with Crippen LogP contribution in [0, 0.1) is 23.7 Å². The topological polar surface area (TPSA) is 9.23 Å². The van der Waals surface area contributed by atoms with E-state index in [9.17, 15) is 4.39 Å². The molecule has 0 aliphatic heterocycles. The summed E-state index contributed by atoms with van der Waals surface area (Å²) in [4.78, 5) is 0. The van der Waals surface area contributed by atoms with Crippen molar-refractivity contribution in [1.29, 1.82) is 0 Å². The van der Waals surface area contributed by atoms with Crippen LogP contribution in [0.25, 0.3) is 0 Å². The normalized spacial score (nSPS) is 27.7. The Kier molecular flexibility index (Phi) is 10.7. The lowest BCUT2D eigenvalue weighted by atomic mass is 9.74. The minimum Gasteiger partial charge on any atom is -0.493 e. The van der Waals surface area contributed by atoms with Crippen LogP contribution in [0.3, 0.4) is 0 Å². The molecule has 176 valence electrons. The first kappa shape index (κ1) is 24.6. The van der Waals surface area contributed by atoms with E-state index >= 15 is 0 Å². The van der Waals surface area contributed by atoms with Gasteiger partial charge in [-0.1, -0.05) is 64.5 Å². The minimum atomic E-state index is -0.559. The predicted molar refractivity (Wildman–Crippen MR) is 130 cm³/mol. The molecule has 0 amide bonds. The number of hydrogen-bond donors (Lipinski definition) is 0. The van der Waals surface area contributed by atoms with Crippen molar-refractivity contribution in [2.45, 2.75) is 116 Å². The Bertz CT molecular complexity index is 581. The molecule has 2 aliphatic rings. The third kappa shape index (κ3) is 8.43. The molecule has 31 heavy (non-hydrogen) atoms. The molecule has 0 radical (unpaired) electrons. The van der Waals surface area contributed by atoms with Crippen LogP contribution in [-0.4, -0.2) is 12.8 Å². The molecule has 0 bridgehead atoms. The van der Waals surface area contributed by atoms with Crippen LogP contribution >= 0.6 is 0 Å². The first-order valence-corrected chi connectivity index (χ1v) is 13.5. The van der Waals surface area contributed by atoms with E-state index in [1.807, 2.05) is 0 Å². The summed E-state index contributed by atoms with van der Waals surface area (Å²) in [5, 5.41) is 0. The number of rotatable bonds is 12. The van der Waals surface area contributed by atoms with Crippen LogP contribution in [0.15, 0.2) is 24.3 Å². The Morgan fingerprint density at radius 1 is 0.806 bits per heavy atom. The van der Waals surface area contributed by atoms with E-state index in [2.05, 4.69) is 38.1 Å². The molecule has 1 aromatic rings. The van der Waals surface area contributed by atoms with Gasteiger partial charge in [-0.2, -0.15) is 0 Å². The quantitative estimate of drug-likeness (QED) is 0.301. The van der Waals surface area contributed by atoms with Gasteiger partial charge in [0.1, 0.15) is 11.9 Å². The summed E-state index contributed by atoms with van der Waals surface area (Å²) >= 11 is 0. The number of halogens is 1. The van der Waals surface area contributed by atoms with E-state index in [4.69, 9.17) is 4.74 Å². The monoisotopic (exact) mass is 430 g/mol. The molecule has 2 fully saturated rings. The molecule has 3 rings (SSSR count). The van der Waals surface area contributed by atoms with Crippen molar-refractivity contribution in [1.82, 2.24) is 0 Å². The largest absolute Gasteiger partial charge is 0.493 e. The van der Waals surface area contributed by atoms with E-state index in [1.165, 1.54) is 82.6 Å². The van der Waals surface area contributed by atoms with Crippen molar-refractivity contribution >= 4 is 0 Å². The van der Waals surface area contributed by atoms with Gasteiger partial charge in [0, 0.05) is 0 Å². The summed E-state index contributed by atoms with van der Waals surface area (Å²) in [6.07, 6.45) is 17.5. The van der Waals surface area contributed by atoms with Crippen molar-refractivity contribution in [3.05, 3.63) is 29.8 Å². The van der Waals surface area contributed by atoms with Crippen molar-refractivity contribution in [2.24, 2.45) is 23.7 Å². The Hall–Kier alpha value is -1.05. The highest BCUT2D eigenvalue weighted by atomic mass is 19.1. The number of benzene rings is 1. The third-order valence-electron chi connectivity index (χ3n) is 8.10. The molecular weight excluding hydrogens is 383 g/mol. The zero-order valence-corrected chi connectivity index (χ0v) is 20.3. The van der Waals surface area contributed by atoms with Crippen LogP contribution in [0.1, 0.15) is 109 Å². The summed E-state index contributed by atoms with van der Waals surface area (Å²) in [6, 6.07) is 8.71. The maximum absolute atomic E-state index is 15.0. The second-order valence-electron chi connectivity index (χ2n) is 10.6. The van der Waals surface area contributed by atoms with Crippen LogP contribution in [0.5, 0.6) is 5.75 Å². The fraction of sp³-hybridized carbons (Fsp3) is 0.793. The van der Waals surface area contributed by atoms with Gasteiger partial charge in [0.2, 0.25) is 0 Å². The maximum Gasteiger partial charge on any atom is 0.119 e. The number of aryl methyl sites for hydroxylation is 1. The average molecular weight is 431 g/mol. The van der Waals surface area contributed by atoms with Crippen molar-refractivity contribution in [3.63, 3.8) is 0 Å². The summed E-state index contributed by atoms with van der Waals surface area (Å²) in [6.45, 7) is 5.35. The molecule has 0 saturated heterocycles. The molecule has 2 aliphatic carbocycles. The lowest BCUT2D eigenvalue weighted by Gasteiger charge is -2.34. The highest BCUT2D eigenvalue weighted by Gasteiger charge is 2.30. The average Bonchev–Trinajstić information content (AvgIpc) is 2.80. The van der Waals surface area contributed by atoms with E-state index in [1.54, 1.807) is 0 Å². The van der Waals surface area contributed by atoms with Crippen LogP contribution in [0.2, 0.25) is 0 Å². The smallest absolute Gasteiger partial charge is 0.119 e. The van der Waals surface area contributed by atoms with Gasteiger partial charge in [-0.05, 0) is 99.2 Å². The zero-order chi connectivity index (χ0) is 21.9. The van der Waals surface area contributed by atoms with Gasteiger partial charge in [-0.3, -0.25) is 0 Å². The summed E-state index contributed by atoms with van der Waals surface area (Å²) < 4.78 is 21.1. The second-order valence-corrected chi connectivity index (χ2v) is 10.6. The van der Waals surface area contributed by atoms with E-state index < -0.39 is 6.17 Å². The summed E-state index contributed by atoms with van der Waals surface area (Å²) in [7, 11) is 0. The lowest BCUT2D eigenvalue weighted by Crippen LogP contribution is -2.27. The van der Waals surface area contributed by atoms with Gasteiger partial charge >= 0.3 is 0 Å². The number of unbranched alkanes of at least 4 members (excludes halogenated alkanes) is 2. The Balaban J connectivity index is 1.30. The SMILES string of the molecule is CCCCCc1ccc(OC[C@H]2CC[C@H](CC(F)[C@H]3CC[C@H](CCC)CC3)CC2)cc1. The Morgan fingerprint density at radius 3 is 2.10 bits per heavy atom. The van der Waals surface area contributed by atoms with Crippen molar-refractivity contribution in [2.75, 3.05) is 6.61 Å². The molecular formula is C29H47FO. The van der Waals surface area contributed by atoms with Gasteiger partial charge < -0.3 is 4.74 Å². The molecule has 1 unspecified atom stereocenters. The first-order valence-electron chi connectivity index (χ1n) is 13.5. The third-order valence-corrected chi connectivity index (χ3v) is 8.10. The zero-order valence-electron chi connectivity index (χ0n) is 20.3. The standard InChI is InChI=1S/C29H47FO/c1-3-5-6-8-24-15-19-28(20-16-24)31-22-26-11-9-25(10-12-26)21-29(30)27-17-13-23(7-4-2)14-18-27/h15-16,19-20,23,25-27,29H,3-14,17-18,21-22H2,1-2H3/t23-,25-,26-,27-,29?. The molecule has 2 heteroatoms. The molecule has 0 heterocycles. The van der Waals surface area contributed by atoms with E-state index in [0.29, 0.717) is 17.8 Å². The minimum absolute atomic E-state index is 0.346. The molecule has 1 atom stereocenters.